The van der Waals surface area contributed by atoms with Gasteiger partial charge in [-0.05, 0) is 23.7 Å². The van der Waals surface area contributed by atoms with Crippen LogP contribution in [0.4, 0.5) is 0 Å². The van der Waals surface area contributed by atoms with Gasteiger partial charge in [-0.25, -0.2) is 0 Å². The molecule has 0 aliphatic rings. The van der Waals surface area contributed by atoms with Crippen molar-refractivity contribution < 1.29 is 4.52 Å². The standard InChI is InChI=1S/C10H8N4O2S2/c15-9-8-6(2-4-18-8)12-10(17)14(9)3-1-7-11-5-16-13-7/h2,4-5H,1,3H2,(H,12,17). The van der Waals surface area contributed by atoms with Gasteiger partial charge in [-0.3, -0.25) is 9.36 Å². The summed E-state index contributed by atoms with van der Waals surface area (Å²) in [4.78, 5) is 19.1. The zero-order valence-electron chi connectivity index (χ0n) is 9.12. The summed E-state index contributed by atoms with van der Waals surface area (Å²) in [5.74, 6) is 0.558. The summed E-state index contributed by atoms with van der Waals surface area (Å²) in [6.07, 6.45) is 1.77. The maximum atomic E-state index is 12.2. The molecule has 0 amide bonds. The number of fused-ring (bicyclic) bond motifs is 1. The molecule has 0 saturated carbocycles. The van der Waals surface area contributed by atoms with Crippen molar-refractivity contribution in [3.05, 3.63) is 38.8 Å². The van der Waals surface area contributed by atoms with E-state index in [9.17, 15) is 4.79 Å². The van der Waals surface area contributed by atoms with Crippen LogP contribution in [0.25, 0.3) is 10.2 Å². The summed E-state index contributed by atoms with van der Waals surface area (Å²) >= 11 is 6.58. The number of aromatic nitrogens is 4. The number of thiophene rings is 1. The predicted octanol–water partition coefficient (Wildman–Crippen LogP) is 1.75. The van der Waals surface area contributed by atoms with Crippen LogP contribution < -0.4 is 5.56 Å². The molecule has 0 spiro atoms. The molecule has 18 heavy (non-hydrogen) atoms. The Labute approximate surface area is 110 Å². The SMILES string of the molecule is O=c1c2sccc2[nH]c(=S)n1CCc1ncon1. The summed E-state index contributed by atoms with van der Waals surface area (Å²) in [5, 5.41) is 5.56. The predicted molar refractivity (Wildman–Crippen MR) is 69.3 cm³/mol. The molecule has 0 saturated heterocycles. The van der Waals surface area contributed by atoms with Crippen LogP contribution in [0.1, 0.15) is 5.82 Å². The highest BCUT2D eigenvalue weighted by Crippen LogP contribution is 2.13. The number of hydrogen-bond donors (Lipinski definition) is 1. The minimum Gasteiger partial charge on any atom is -0.343 e. The molecule has 0 aliphatic carbocycles. The van der Waals surface area contributed by atoms with Crippen molar-refractivity contribution in [3.63, 3.8) is 0 Å². The molecule has 6 nitrogen and oxygen atoms in total. The van der Waals surface area contributed by atoms with Crippen molar-refractivity contribution in [2.75, 3.05) is 0 Å². The van der Waals surface area contributed by atoms with Crippen LogP contribution in [-0.4, -0.2) is 19.7 Å². The maximum absolute atomic E-state index is 12.2. The van der Waals surface area contributed by atoms with Crippen LogP contribution in [-0.2, 0) is 13.0 Å². The van der Waals surface area contributed by atoms with Gasteiger partial charge in [-0.2, -0.15) is 4.98 Å². The van der Waals surface area contributed by atoms with Crippen molar-refractivity contribution in [1.29, 1.82) is 0 Å². The van der Waals surface area contributed by atoms with Crippen molar-refractivity contribution in [3.8, 4) is 0 Å². The van der Waals surface area contributed by atoms with Gasteiger partial charge in [0.05, 0.1) is 5.52 Å². The molecular weight excluding hydrogens is 272 g/mol. The first kappa shape index (κ1) is 11.3. The zero-order valence-corrected chi connectivity index (χ0v) is 10.8. The Hall–Kier alpha value is -1.80. The summed E-state index contributed by atoms with van der Waals surface area (Å²) in [7, 11) is 0. The van der Waals surface area contributed by atoms with Gasteiger partial charge in [-0.1, -0.05) is 5.16 Å². The molecule has 3 aromatic rings. The van der Waals surface area contributed by atoms with Crippen molar-refractivity contribution in [2.24, 2.45) is 0 Å². The first-order chi connectivity index (χ1) is 8.75. The molecule has 0 aromatic carbocycles. The summed E-state index contributed by atoms with van der Waals surface area (Å²) < 4.78 is 7.25. The fourth-order valence-corrected chi connectivity index (χ4v) is 2.77. The van der Waals surface area contributed by atoms with Crippen LogP contribution in [0.15, 0.2) is 27.2 Å². The molecule has 0 aliphatic heterocycles. The molecule has 3 heterocycles. The Morgan fingerprint density at radius 2 is 2.44 bits per heavy atom. The molecule has 1 N–H and O–H groups in total. The third-order valence-electron chi connectivity index (χ3n) is 2.56. The molecule has 0 fully saturated rings. The van der Waals surface area contributed by atoms with E-state index in [0.29, 0.717) is 28.3 Å². The summed E-state index contributed by atoms with van der Waals surface area (Å²) in [5.41, 5.74) is 0.707. The first-order valence-electron chi connectivity index (χ1n) is 5.21. The van der Waals surface area contributed by atoms with Crippen molar-refractivity contribution in [1.82, 2.24) is 19.7 Å². The second-order valence-corrected chi connectivity index (χ2v) is 4.95. The number of aromatic amines is 1. The molecule has 0 unspecified atom stereocenters. The van der Waals surface area contributed by atoms with Gasteiger partial charge >= 0.3 is 0 Å². The molecular formula is C10H8N4O2S2. The van der Waals surface area contributed by atoms with Crippen LogP contribution in [0.2, 0.25) is 0 Å². The normalized spacial score (nSPS) is 11.1. The minimum atomic E-state index is -0.0766. The lowest BCUT2D eigenvalue weighted by atomic mass is 10.4. The van der Waals surface area contributed by atoms with E-state index >= 15 is 0 Å². The maximum Gasteiger partial charge on any atom is 0.272 e. The molecule has 0 radical (unpaired) electrons. The third-order valence-corrected chi connectivity index (χ3v) is 3.78. The lowest BCUT2D eigenvalue weighted by molar-refractivity contribution is 0.408. The summed E-state index contributed by atoms with van der Waals surface area (Å²) in [6.45, 7) is 0.432. The number of nitrogens with zero attached hydrogens (tertiary/aromatic N) is 3. The van der Waals surface area contributed by atoms with E-state index in [2.05, 4.69) is 19.6 Å². The average Bonchev–Trinajstić information content (AvgIpc) is 2.98. The van der Waals surface area contributed by atoms with Crippen molar-refractivity contribution in [2.45, 2.75) is 13.0 Å². The highest BCUT2D eigenvalue weighted by Gasteiger charge is 2.07. The van der Waals surface area contributed by atoms with E-state index in [4.69, 9.17) is 12.2 Å². The third kappa shape index (κ3) is 1.89. The quantitative estimate of drug-likeness (QED) is 0.740. The second-order valence-electron chi connectivity index (χ2n) is 3.65. The van der Waals surface area contributed by atoms with Crippen LogP contribution in [0, 0.1) is 4.77 Å². The molecule has 8 heteroatoms. The highest BCUT2D eigenvalue weighted by molar-refractivity contribution is 7.71. The van der Waals surface area contributed by atoms with Gasteiger partial charge in [0, 0.05) is 13.0 Å². The van der Waals surface area contributed by atoms with Crippen molar-refractivity contribution >= 4 is 33.8 Å². The van der Waals surface area contributed by atoms with E-state index in [1.54, 1.807) is 0 Å². The molecule has 3 aromatic heterocycles. The number of aryl methyl sites for hydroxylation is 1. The van der Waals surface area contributed by atoms with E-state index in [0.717, 1.165) is 5.52 Å². The van der Waals surface area contributed by atoms with E-state index < -0.39 is 0 Å². The number of H-pyrrole nitrogens is 1. The molecule has 0 bridgehead atoms. The van der Waals surface area contributed by atoms with Gasteiger partial charge in [0.1, 0.15) is 4.70 Å². The van der Waals surface area contributed by atoms with Crippen LogP contribution in [0.5, 0.6) is 0 Å². The van der Waals surface area contributed by atoms with Crippen LogP contribution >= 0.6 is 23.6 Å². The lowest BCUT2D eigenvalue weighted by Crippen LogP contribution is -2.22. The van der Waals surface area contributed by atoms with E-state index in [1.165, 1.54) is 22.3 Å². The van der Waals surface area contributed by atoms with E-state index in [1.807, 2.05) is 11.4 Å². The molecule has 0 atom stereocenters. The lowest BCUT2D eigenvalue weighted by Gasteiger charge is -2.04. The minimum absolute atomic E-state index is 0.0766. The van der Waals surface area contributed by atoms with Gasteiger partial charge in [0.15, 0.2) is 10.6 Å². The highest BCUT2D eigenvalue weighted by atomic mass is 32.1. The molecule has 3 rings (SSSR count). The largest absolute Gasteiger partial charge is 0.343 e. The Kier molecular flexibility index (Phi) is 2.80. The summed E-state index contributed by atoms with van der Waals surface area (Å²) in [6, 6.07) is 1.85. The van der Waals surface area contributed by atoms with Crippen LogP contribution in [0.3, 0.4) is 0 Å². The Bertz CT molecular complexity index is 784. The Morgan fingerprint density at radius 3 is 3.22 bits per heavy atom. The molecule has 92 valence electrons. The number of hydrogen-bond acceptors (Lipinski definition) is 6. The monoisotopic (exact) mass is 280 g/mol. The smallest absolute Gasteiger partial charge is 0.272 e. The topological polar surface area (TPSA) is 76.7 Å². The van der Waals surface area contributed by atoms with Gasteiger partial charge in [-0.15, -0.1) is 11.3 Å². The second kappa shape index (κ2) is 4.46. The fourth-order valence-electron chi connectivity index (χ4n) is 1.69. The fraction of sp³-hybridized carbons (Fsp3) is 0.200. The Balaban J connectivity index is 2.01. The van der Waals surface area contributed by atoms with Gasteiger partial charge < -0.3 is 9.51 Å². The first-order valence-corrected chi connectivity index (χ1v) is 6.50. The average molecular weight is 280 g/mol. The number of rotatable bonds is 3. The van der Waals surface area contributed by atoms with E-state index in [-0.39, 0.29) is 5.56 Å². The zero-order chi connectivity index (χ0) is 12.5. The number of nitrogens with one attached hydrogen (secondary N) is 1. The van der Waals surface area contributed by atoms with Gasteiger partial charge in [0.25, 0.3) is 5.56 Å². The Morgan fingerprint density at radius 1 is 1.56 bits per heavy atom. The van der Waals surface area contributed by atoms with Gasteiger partial charge in [0.2, 0.25) is 6.39 Å².